The molecule has 0 aromatic heterocycles. The molecule has 0 aliphatic carbocycles. The van der Waals surface area contributed by atoms with Crippen molar-refractivity contribution in [3.63, 3.8) is 0 Å². The zero-order valence-corrected chi connectivity index (χ0v) is 5.26. The minimum atomic E-state index is -2.11. The summed E-state index contributed by atoms with van der Waals surface area (Å²) in [5.41, 5.74) is 4.96. The molecule has 0 amide bonds. The molecule has 0 saturated heterocycles. The topological polar surface area (TPSA) is 83.5 Å². The van der Waals surface area contributed by atoms with Crippen LogP contribution in [0.15, 0.2) is 0 Å². The number of hydrogen-bond acceptors (Lipinski definition) is 3. The molecular formula is C3H9NO3S. The molecule has 8 heavy (non-hydrogen) atoms. The van der Waals surface area contributed by atoms with Crippen molar-refractivity contribution in [2.45, 2.75) is 18.4 Å². The quantitative estimate of drug-likeness (QED) is 0.423. The molecule has 4 nitrogen and oxygen atoms in total. The van der Waals surface area contributed by atoms with Crippen LogP contribution in [0.25, 0.3) is 0 Å². The van der Waals surface area contributed by atoms with Crippen molar-refractivity contribution in [3.8, 4) is 0 Å². The molecule has 2 unspecified atom stereocenters. The van der Waals surface area contributed by atoms with Crippen LogP contribution < -0.4 is 5.73 Å². The minimum Gasteiger partial charge on any atom is -0.391 e. The van der Waals surface area contributed by atoms with Crippen molar-refractivity contribution in [2.75, 3.05) is 0 Å². The molecule has 0 aromatic rings. The molecule has 3 atom stereocenters. The van der Waals surface area contributed by atoms with Gasteiger partial charge in [0.15, 0.2) is 11.1 Å². The van der Waals surface area contributed by atoms with E-state index in [1.54, 1.807) is 0 Å². The summed E-state index contributed by atoms with van der Waals surface area (Å²) in [6, 6.07) is 0. The fourth-order valence-corrected chi connectivity index (χ4v) is 0.505. The third kappa shape index (κ3) is 2.37. The maximum Gasteiger partial charge on any atom is 0.173 e. The fraction of sp³-hybridized carbons (Fsp3) is 1.00. The molecule has 0 spiro atoms. The highest BCUT2D eigenvalue weighted by Crippen LogP contribution is 1.90. The van der Waals surface area contributed by atoms with Crippen molar-refractivity contribution in [3.05, 3.63) is 0 Å². The first-order valence-electron chi connectivity index (χ1n) is 2.09. The first-order valence-corrected chi connectivity index (χ1v) is 3.26. The summed E-state index contributed by atoms with van der Waals surface area (Å²) in [4.78, 5) is 0. The van der Waals surface area contributed by atoms with Crippen LogP contribution in [0, 0.1) is 0 Å². The van der Waals surface area contributed by atoms with Gasteiger partial charge in [-0.2, -0.15) is 0 Å². The number of aliphatic hydroxyl groups is 1. The Morgan fingerprint density at radius 3 is 2.12 bits per heavy atom. The number of rotatable bonds is 2. The molecule has 4 N–H and O–H groups in total. The zero-order valence-electron chi connectivity index (χ0n) is 4.44. The maximum absolute atomic E-state index is 9.97. The summed E-state index contributed by atoms with van der Waals surface area (Å²) in [6.07, 6.45) is -0.930. The first-order chi connectivity index (χ1) is 3.55. The Balaban J connectivity index is 3.64. The van der Waals surface area contributed by atoms with Gasteiger partial charge in [-0.25, -0.2) is 4.21 Å². The molecule has 5 heteroatoms. The number of nitrogens with two attached hydrogens (primary N) is 1. The average molecular weight is 139 g/mol. The molecule has 0 radical (unpaired) electrons. The summed E-state index contributed by atoms with van der Waals surface area (Å²) < 4.78 is 18.1. The van der Waals surface area contributed by atoms with Crippen molar-refractivity contribution >= 4 is 11.1 Å². The second kappa shape index (κ2) is 3.13. The molecule has 0 heterocycles. The zero-order chi connectivity index (χ0) is 6.73. The SMILES string of the molecule is C[C@H](O)C(N)S(=O)O. The lowest BCUT2D eigenvalue weighted by Gasteiger charge is -2.07. The van der Waals surface area contributed by atoms with Gasteiger partial charge in [0.05, 0.1) is 6.10 Å². The Bertz CT molecular complexity index is 94.5. The summed E-state index contributed by atoms with van der Waals surface area (Å²) in [5.74, 6) is 0. The van der Waals surface area contributed by atoms with Gasteiger partial charge >= 0.3 is 0 Å². The van der Waals surface area contributed by atoms with E-state index in [1.807, 2.05) is 0 Å². The van der Waals surface area contributed by atoms with E-state index in [1.165, 1.54) is 6.92 Å². The lowest BCUT2D eigenvalue weighted by molar-refractivity contribution is 0.188. The second-order valence-electron chi connectivity index (χ2n) is 1.48. The number of aliphatic hydroxyl groups excluding tert-OH is 1. The van der Waals surface area contributed by atoms with E-state index in [9.17, 15) is 4.21 Å². The smallest absolute Gasteiger partial charge is 0.173 e. The Kier molecular flexibility index (Phi) is 3.15. The molecule has 0 aromatic carbocycles. The van der Waals surface area contributed by atoms with Gasteiger partial charge in [0.25, 0.3) is 0 Å². The Morgan fingerprint density at radius 2 is 2.12 bits per heavy atom. The lowest BCUT2D eigenvalue weighted by Crippen LogP contribution is -2.36. The largest absolute Gasteiger partial charge is 0.391 e. The Labute approximate surface area is 50.0 Å². The lowest BCUT2D eigenvalue weighted by atomic mass is 10.4. The number of hydrogen-bond donors (Lipinski definition) is 3. The van der Waals surface area contributed by atoms with Gasteiger partial charge in [-0.3, -0.25) is 0 Å². The summed E-state index contributed by atoms with van der Waals surface area (Å²) >= 11 is -2.11. The molecule has 0 bridgehead atoms. The van der Waals surface area contributed by atoms with Gasteiger partial charge in [0.1, 0.15) is 5.37 Å². The van der Waals surface area contributed by atoms with Gasteiger partial charge < -0.3 is 15.4 Å². The van der Waals surface area contributed by atoms with E-state index in [0.717, 1.165) is 0 Å². The average Bonchev–Trinajstić information content (AvgIpc) is 1.64. The monoisotopic (exact) mass is 139 g/mol. The fourth-order valence-electron chi connectivity index (χ4n) is 0.168. The van der Waals surface area contributed by atoms with E-state index in [-0.39, 0.29) is 0 Å². The van der Waals surface area contributed by atoms with Crippen molar-refractivity contribution in [1.82, 2.24) is 0 Å². The van der Waals surface area contributed by atoms with Gasteiger partial charge in [-0.15, -0.1) is 0 Å². The van der Waals surface area contributed by atoms with Gasteiger partial charge in [-0.05, 0) is 6.92 Å². The summed E-state index contributed by atoms with van der Waals surface area (Å²) in [5, 5.41) is 7.47. The van der Waals surface area contributed by atoms with E-state index in [4.69, 9.17) is 15.4 Å². The predicted octanol–water partition coefficient (Wildman–Crippen LogP) is -1.13. The van der Waals surface area contributed by atoms with Crippen LogP contribution in [0.5, 0.6) is 0 Å². The third-order valence-corrected chi connectivity index (χ3v) is 1.57. The van der Waals surface area contributed by atoms with Crippen LogP contribution in [-0.2, 0) is 11.1 Å². The highest BCUT2D eigenvalue weighted by Gasteiger charge is 2.13. The van der Waals surface area contributed by atoms with Crippen LogP contribution >= 0.6 is 0 Å². The van der Waals surface area contributed by atoms with Crippen LogP contribution in [0.4, 0.5) is 0 Å². The van der Waals surface area contributed by atoms with Crippen molar-refractivity contribution < 1.29 is 13.9 Å². The van der Waals surface area contributed by atoms with Crippen LogP contribution in [0.3, 0.4) is 0 Å². The molecule has 0 saturated carbocycles. The van der Waals surface area contributed by atoms with Crippen molar-refractivity contribution in [2.24, 2.45) is 5.73 Å². The predicted molar refractivity (Wildman–Crippen MR) is 30.4 cm³/mol. The normalized spacial score (nSPS) is 22.0. The van der Waals surface area contributed by atoms with Crippen LogP contribution in [0.2, 0.25) is 0 Å². The van der Waals surface area contributed by atoms with E-state index < -0.39 is 22.6 Å². The summed E-state index contributed by atoms with van der Waals surface area (Å²) in [7, 11) is 0. The van der Waals surface area contributed by atoms with Gasteiger partial charge in [0.2, 0.25) is 0 Å². The molecule has 0 rings (SSSR count). The molecular weight excluding hydrogens is 130 g/mol. The molecule has 0 aliphatic heterocycles. The van der Waals surface area contributed by atoms with Crippen molar-refractivity contribution in [1.29, 1.82) is 0 Å². The minimum absolute atomic E-state index is 0.930. The second-order valence-corrected chi connectivity index (χ2v) is 2.58. The molecule has 0 aliphatic rings. The van der Waals surface area contributed by atoms with Crippen LogP contribution in [-0.4, -0.2) is 25.3 Å². The van der Waals surface area contributed by atoms with Crippen LogP contribution in [0.1, 0.15) is 6.92 Å². The Morgan fingerprint density at radius 1 is 1.75 bits per heavy atom. The summed E-state index contributed by atoms with van der Waals surface area (Å²) in [6.45, 7) is 1.36. The van der Waals surface area contributed by atoms with E-state index in [2.05, 4.69) is 0 Å². The van der Waals surface area contributed by atoms with Gasteiger partial charge in [-0.1, -0.05) is 0 Å². The Hall–Kier alpha value is 0.0300. The maximum atomic E-state index is 9.97. The first kappa shape index (κ1) is 8.03. The van der Waals surface area contributed by atoms with E-state index in [0.29, 0.717) is 0 Å². The highest BCUT2D eigenvalue weighted by atomic mass is 32.2. The standard InChI is InChI=1S/C3H9NO3S/c1-2(5)3(4)8(6)7/h2-3,5H,4H2,1H3,(H,6,7)/t2-,3?/m0/s1. The third-order valence-electron chi connectivity index (χ3n) is 0.708. The highest BCUT2D eigenvalue weighted by molar-refractivity contribution is 7.79. The van der Waals surface area contributed by atoms with Gasteiger partial charge in [0, 0.05) is 0 Å². The molecule has 0 fully saturated rings. The van der Waals surface area contributed by atoms with E-state index >= 15 is 0 Å². The molecule has 50 valence electrons.